The van der Waals surface area contributed by atoms with Crippen LogP contribution in [0.1, 0.15) is 5.56 Å². The number of aromatic nitrogens is 1. The summed E-state index contributed by atoms with van der Waals surface area (Å²) in [5, 5.41) is 2.62. The third-order valence-corrected chi connectivity index (χ3v) is 1.95. The molecule has 3 N–H and O–H groups in total. The van der Waals surface area contributed by atoms with Crippen molar-refractivity contribution in [3.8, 4) is 0 Å². The number of rotatable bonds is 4. The molecule has 5 nitrogen and oxygen atoms in total. The van der Waals surface area contributed by atoms with Gasteiger partial charge in [-0.2, -0.15) is 0 Å². The van der Waals surface area contributed by atoms with E-state index in [0.717, 1.165) is 5.56 Å². The highest BCUT2D eigenvalue weighted by atomic mass is 35.5. The summed E-state index contributed by atoms with van der Waals surface area (Å²) in [5.74, 6) is 0.220. The van der Waals surface area contributed by atoms with Gasteiger partial charge in [0.25, 0.3) is 5.91 Å². The molecule has 1 atom stereocenters. The average Bonchev–Trinajstić information content (AvgIpc) is 2.23. The van der Waals surface area contributed by atoms with Crippen molar-refractivity contribution in [1.82, 2.24) is 4.98 Å². The second-order valence-corrected chi connectivity index (χ2v) is 3.17. The molecule has 0 spiro atoms. The molecule has 1 rings (SSSR count). The first-order valence-electron chi connectivity index (χ1n) is 4.63. The van der Waals surface area contributed by atoms with Crippen LogP contribution < -0.4 is 11.1 Å². The molecule has 17 heavy (non-hydrogen) atoms. The minimum absolute atomic E-state index is 0. The van der Waals surface area contributed by atoms with Crippen LogP contribution in [0.5, 0.6) is 0 Å². The Morgan fingerprint density at radius 3 is 2.59 bits per heavy atom. The third-order valence-electron chi connectivity index (χ3n) is 1.95. The number of halogens is 2. The molecule has 0 aromatic carbocycles. The fraction of sp³-hybridized carbons (Fsp3) is 0.400. The number of carbonyl (C=O) groups is 1. The summed E-state index contributed by atoms with van der Waals surface area (Å²) in [5.41, 5.74) is 6.39. The molecule has 98 valence electrons. The second kappa shape index (κ2) is 9.18. The zero-order chi connectivity index (χ0) is 11.3. The molecular formula is C10H17Cl2N3O2. The molecule has 7 heteroatoms. The van der Waals surface area contributed by atoms with Crippen molar-refractivity contribution in [3.63, 3.8) is 0 Å². The van der Waals surface area contributed by atoms with Crippen molar-refractivity contribution in [1.29, 1.82) is 0 Å². The van der Waals surface area contributed by atoms with E-state index in [1.807, 2.05) is 13.0 Å². The lowest BCUT2D eigenvalue weighted by Gasteiger charge is -2.12. The van der Waals surface area contributed by atoms with Crippen LogP contribution >= 0.6 is 24.8 Å². The molecule has 1 heterocycles. The largest absolute Gasteiger partial charge is 0.370 e. The highest BCUT2D eigenvalue weighted by molar-refractivity contribution is 5.93. The van der Waals surface area contributed by atoms with Gasteiger partial charge < -0.3 is 15.8 Å². The van der Waals surface area contributed by atoms with E-state index in [-0.39, 0.29) is 37.3 Å². The molecule has 0 radical (unpaired) electrons. The SMILES string of the molecule is COC(CN)C(=O)Nc1ccc(C)cn1.Cl.Cl. The number of nitrogens with one attached hydrogen (secondary N) is 1. The molecule has 0 saturated carbocycles. The molecule has 1 aromatic rings. The molecule has 0 aliphatic heterocycles. The van der Waals surface area contributed by atoms with Gasteiger partial charge in [0.1, 0.15) is 11.9 Å². The number of nitrogens with zero attached hydrogens (tertiary/aromatic N) is 1. The minimum Gasteiger partial charge on any atom is -0.370 e. The quantitative estimate of drug-likeness (QED) is 0.868. The molecule has 0 fully saturated rings. The number of pyridine rings is 1. The third kappa shape index (κ3) is 5.83. The molecule has 1 amide bonds. The van der Waals surface area contributed by atoms with Gasteiger partial charge in [-0.3, -0.25) is 4.79 Å². The van der Waals surface area contributed by atoms with E-state index >= 15 is 0 Å². The molecule has 1 aromatic heterocycles. The number of nitrogens with two attached hydrogens (primary N) is 1. The lowest BCUT2D eigenvalue weighted by atomic mass is 10.3. The fourth-order valence-corrected chi connectivity index (χ4v) is 1.06. The maximum atomic E-state index is 11.5. The number of aryl methyl sites for hydroxylation is 1. The standard InChI is InChI=1S/C10H15N3O2.2ClH/c1-7-3-4-9(12-6-7)13-10(14)8(5-11)15-2;;/h3-4,6,8H,5,11H2,1-2H3,(H,12,13,14);2*1H. The van der Waals surface area contributed by atoms with Crippen LogP contribution in [0, 0.1) is 6.92 Å². The van der Waals surface area contributed by atoms with Crippen molar-refractivity contribution < 1.29 is 9.53 Å². The first-order chi connectivity index (χ1) is 7.17. The topological polar surface area (TPSA) is 77.2 Å². The Morgan fingerprint density at radius 1 is 1.53 bits per heavy atom. The summed E-state index contributed by atoms with van der Waals surface area (Å²) < 4.78 is 4.89. The highest BCUT2D eigenvalue weighted by Crippen LogP contribution is 2.04. The van der Waals surface area contributed by atoms with Crippen molar-refractivity contribution in [2.24, 2.45) is 5.73 Å². The van der Waals surface area contributed by atoms with Gasteiger partial charge in [0.05, 0.1) is 0 Å². The van der Waals surface area contributed by atoms with E-state index < -0.39 is 6.10 Å². The van der Waals surface area contributed by atoms with Gasteiger partial charge in [0.2, 0.25) is 0 Å². The molecule has 0 aliphatic carbocycles. The maximum Gasteiger partial charge on any atom is 0.255 e. The number of methoxy groups -OCH3 is 1. The van der Waals surface area contributed by atoms with E-state index in [4.69, 9.17) is 10.5 Å². The van der Waals surface area contributed by atoms with Crippen LogP contribution in [0.4, 0.5) is 5.82 Å². The predicted octanol–water partition coefficient (Wildman–Crippen LogP) is 1.15. The smallest absolute Gasteiger partial charge is 0.255 e. The number of hydrogen-bond donors (Lipinski definition) is 2. The maximum absolute atomic E-state index is 11.5. The van der Waals surface area contributed by atoms with Crippen LogP contribution in [-0.4, -0.2) is 30.6 Å². The highest BCUT2D eigenvalue weighted by Gasteiger charge is 2.15. The van der Waals surface area contributed by atoms with Gasteiger partial charge in [-0.15, -0.1) is 24.8 Å². The summed E-state index contributed by atoms with van der Waals surface area (Å²) in [7, 11) is 1.44. The Labute approximate surface area is 113 Å². The number of anilines is 1. The predicted molar refractivity (Wildman–Crippen MR) is 72.0 cm³/mol. The van der Waals surface area contributed by atoms with Gasteiger partial charge in [-0.05, 0) is 18.6 Å². The van der Waals surface area contributed by atoms with Crippen molar-refractivity contribution in [3.05, 3.63) is 23.9 Å². The fourth-order valence-electron chi connectivity index (χ4n) is 1.06. The van der Waals surface area contributed by atoms with Crippen LogP contribution in [0.2, 0.25) is 0 Å². The van der Waals surface area contributed by atoms with E-state index in [1.165, 1.54) is 7.11 Å². The van der Waals surface area contributed by atoms with E-state index in [9.17, 15) is 4.79 Å². The summed E-state index contributed by atoms with van der Waals surface area (Å²) in [6.07, 6.45) is 1.05. The zero-order valence-electron chi connectivity index (χ0n) is 9.67. The Hall–Kier alpha value is -0.880. The van der Waals surface area contributed by atoms with Crippen LogP contribution in [-0.2, 0) is 9.53 Å². The summed E-state index contributed by atoms with van der Waals surface area (Å²) in [6.45, 7) is 2.07. The second-order valence-electron chi connectivity index (χ2n) is 3.17. The summed E-state index contributed by atoms with van der Waals surface area (Å²) in [6, 6.07) is 3.60. The Balaban J connectivity index is 0. The van der Waals surface area contributed by atoms with Gasteiger partial charge in [-0.1, -0.05) is 6.07 Å². The average molecular weight is 282 g/mol. The van der Waals surface area contributed by atoms with Crippen molar-refractivity contribution >= 4 is 36.5 Å². The number of ether oxygens (including phenoxy) is 1. The van der Waals surface area contributed by atoms with Crippen molar-refractivity contribution in [2.75, 3.05) is 19.0 Å². The summed E-state index contributed by atoms with van der Waals surface area (Å²) >= 11 is 0. The molecule has 1 unspecified atom stereocenters. The van der Waals surface area contributed by atoms with Gasteiger partial charge in [-0.25, -0.2) is 4.98 Å². The van der Waals surface area contributed by atoms with E-state index in [2.05, 4.69) is 10.3 Å². The molecule has 0 bridgehead atoms. The lowest BCUT2D eigenvalue weighted by Crippen LogP contribution is -2.36. The summed E-state index contributed by atoms with van der Waals surface area (Å²) in [4.78, 5) is 15.5. The van der Waals surface area contributed by atoms with Crippen LogP contribution in [0.3, 0.4) is 0 Å². The van der Waals surface area contributed by atoms with E-state index in [1.54, 1.807) is 12.3 Å². The molecule has 0 aliphatic rings. The normalized spacial score (nSPS) is 10.8. The lowest BCUT2D eigenvalue weighted by molar-refractivity contribution is -0.125. The van der Waals surface area contributed by atoms with Gasteiger partial charge >= 0.3 is 0 Å². The molecule has 0 saturated heterocycles. The monoisotopic (exact) mass is 281 g/mol. The van der Waals surface area contributed by atoms with Crippen molar-refractivity contribution in [2.45, 2.75) is 13.0 Å². The Morgan fingerprint density at radius 2 is 2.18 bits per heavy atom. The zero-order valence-corrected chi connectivity index (χ0v) is 11.3. The number of amides is 1. The minimum atomic E-state index is -0.631. The Bertz CT molecular complexity index is 329. The first kappa shape index (κ1) is 18.5. The number of carbonyl (C=O) groups excluding carboxylic acids is 1. The van der Waals surface area contributed by atoms with Crippen LogP contribution in [0.15, 0.2) is 18.3 Å². The van der Waals surface area contributed by atoms with Crippen LogP contribution in [0.25, 0.3) is 0 Å². The van der Waals surface area contributed by atoms with Gasteiger partial charge in [0, 0.05) is 19.9 Å². The van der Waals surface area contributed by atoms with E-state index in [0.29, 0.717) is 5.82 Å². The molecular weight excluding hydrogens is 265 g/mol. The van der Waals surface area contributed by atoms with Gasteiger partial charge in [0.15, 0.2) is 0 Å². The first-order valence-corrected chi connectivity index (χ1v) is 4.63. The Kier molecular flexibility index (Phi) is 9.98. The number of hydrogen-bond acceptors (Lipinski definition) is 4.